The second-order valence-electron chi connectivity index (χ2n) is 4.74. The average Bonchev–Trinajstić information content (AvgIpc) is 2.87. The third-order valence-corrected chi connectivity index (χ3v) is 4.35. The van der Waals surface area contributed by atoms with Crippen molar-refractivity contribution in [1.82, 2.24) is 15.2 Å². The summed E-state index contributed by atoms with van der Waals surface area (Å²) in [5, 5.41) is 6.55. The molecule has 4 nitrogen and oxygen atoms in total. The molecule has 0 bridgehead atoms. The summed E-state index contributed by atoms with van der Waals surface area (Å²) in [7, 11) is 3.82. The Bertz CT molecular complexity index is 612. The number of benzene rings is 1. The lowest BCUT2D eigenvalue weighted by atomic mass is 10.2. The number of nitrogens with one attached hydrogen (secondary N) is 1. The molecule has 1 N–H and O–H groups in total. The van der Waals surface area contributed by atoms with E-state index < -0.39 is 0 Å². The molecule has 1 heterocycles. The summed E-state index contributed by atoms with van der Waals surface area (Å²) in [6.07, 6.45) is 0. The van der Waals surface area contributed by atoms with Crippen LogP contribution >= 0.6 is 51.2 Å². The van der Waals surface area contributed by atoms with Crippen LogP contribution in [-0.2, 0) is 13.1 Å². The first kappa shape index (κ1) is 19.4. The summed E-state index contributed by atoms with van der Waals surface area (Å²) >= 11 is 5.12. The van der Waals surface area contributed by atoms with Crippen molar-refractivity contribution in [3.8, 4) is 0 Å². The molecule has 0 aliphatic heterocycles. The molecule has 0 atom stereocenters. The minimum absolute atomic E-state index is 0. The highest BCUT2D eigenvalue weighted by Gasteiger charge is 2.08. The Morgan fingerprint density at radius 2 is 2.05 bits per heavy atom. The maximum Gasteiger partial charge on any atom is 0.194 e. The van der Waals surface area contributed by atoms with Crippen LogP contribution in [0.2, 0.25) is 0 Å². The molecular weight excluding hydrogens is 475 g/mol. The van der Waals surface area contributed by atoms with E-state index in [0.29, 0.717) is 0 Å². The van der Waals surface area contributed by atoms with Crippen molar-refractivity contribution in [2.24, 2.45) is 4.99 Å². The van der Waals surface area contributed by atoms with Crippen molar-refractivity contribution in [1.29, 1.82) is 0 Å². The summed E-state index contributed by atoms with van der Waals surface area (Å²) in [4.78, 5) is 10.9. The first-order valence-electron chi connectivity index (χ1n) is 6.65. The fourth-order valence-corrected chi connectivity index (χ4v) is 2.83. The summed E-state index contributed by atoms with van der Waals surface area (Å²) in [5.74, 6) is 0.864. The van der Waals surface area contributed by atoms with Gasteiger partial charge < -0.3 is 10.2 Å². The van der Waals surface area contributed by atoms with Gasteiger partial charge in [0.05, 0.1) is 17.2 Å². The van der Waals surface area contributed by atoms with Gasteiger partial charge in [-0.25, -0.2) is 4.98 Å². The lowest BCUT2D eigenvalue weighted by Gasteiger charge is -2.21. The van der Waals surface area contributed by atoms with Gasteiger partial charge in [-0.3, -0.25) is 4.99 Å². The van der Waals surface area contributed by atoms with E-state index >= 15 is 0 Å². The van der Waals surface area contributed by atoms with Crippen molar-refractivity contribution >= 4 is 57.2 Å². The minimum atomic E-state index is 0. The molecule has 0 amide bonds. The smallest absolute Gasteiger partial charge is 0.194 e. The van der Waals surface area contributed by atoms with Crippen LogP contribution in [-0.4, -0.2) is 29.9 Å². The Kier molecular flexibility index (Phi) is 8.34. The number of guanidine groups is 1. The SMILES string of the molecule is CN=C(NCc1ccc(Br)cc1)N(C)Cc1csc(C)n1.I. The zero-order valence-electron chi connectivity index (χ0n) is 12.8. The van der Waals surface area contributed by atoms with Crippen LogP contribution in [0.4, 0.5) is 0 Å². The fourth-order valence-electron chi connectivity index (χ4n) is 1.97. The quantitative estimate of drug-likeness (QED) is 0.396. The number of rotatable bonds is 4. The van der Waals surface area contributed by atoms with Gasteiger partial charge in [-0.2, -0.15) is 0 Å². The molecule has 0 spiro atoms. The Hall–Kier alpha value is -0.670. The van der Waals surface area contributed by atoms with Crippen molar-refractivity contribution in [2.45, 2.75) is 20.0 Å². The molecule has 0 aliphatic carbocycles. The number of aromatic nitrogens is 1. The number of thiazole rings is 1. The standard InChI is InChI=1S/C15H19BrN4S.HI/c1-11-19-14(10-21-11)9-20(3)15(17-2)18-8-12-4-6-13(16)7-5-12;/h4-7,10H,8-9H2,1-3H3,(H,17,18);1H. The van der Waals surface area contributed by atoms with Crippen molar-refractivity contribution in [3.05, 3.63) is 50.4 Å². The largest absolute Gasteiger partial charge is 0.352 e. The Balaban J connectivity index is 0.00000242. The number of nitrogens with zero attached hydrogens (tertiary/aromatic N) is 3. The maximum absolute atomic E-state index is 4.48. The van der Waals surface area contributed by atoms with E-state index in [4.69, 9.17) is 0 Å². The predicted octanol–water partition coefficient (Wildman–Crippen LogP) is 4.04. The maximum atomic E-state index is 4.48. The van der Waals surface area contributed by atoms with Gasteiger partial charge in [-0.1, -0.05) is 28.1 Å². The lowest BCUT2D eigenvalue weighted by Crippen LogP contribution is -2.38. The first-order valence-corrected chi connectivity index (χ1v) is 8.33. The number of aryl methyl sites for hydroxylation is 1. The Morgan fingerprint density at radius 1 is 1.36 bits per heavy atom. The zero-order valence-corrected chi connectivity index (χ0v) is 17.6. The third kappa shape index (κ3) is 5.85. The van der Waals surface area contributed by atoms with Crippen LogP contribution in [0.15, 0.2) is 39.1 Å². The van der Waals surface area contributed by atoms with E-state index in [2.05, 4.69) is 53.6 Å². The van der Waals surface area contributed by atoms with Gasteiger partial charge in [0.15, 0.2) is 5.96 Å². The number of halogens is 2. The monoisotopic (exact) mass is 494 g/mol. The van der Waals surface area contributed by atoms with E-state index in [1.165, 1.54) is 5.56 Å². The molecule has 1 aromatic carbocycles. The van der Waals surface area contributed by atoms with Crippen molar-refractivity contribution < 1.29 is 0 Å². The molecule has 0 fully saturated rings. The first-order chi connectivity index (χ1) is 10.1. The van der Waals surface area contributed by atoms with Crippen LogP contribution in [0, 0.1) is 6.92 Å². The van der Waals surface area contributed by atoms with Gasteiger partial charge in [-0.05, 0) is 24.6 Å². The molecule has 0 saturated carbocycles. The lowest BCUT2D eigenvalue weighted by molar-refractivity contribution is 0.470. The van der Waals surface area contributed by atoms with E-state index in [9.17, 15) is 0 Å². The van der Waals surface area contributed by atoms with E-state index in [1.807, 2.05) is 26.1 Å². The number of hydrogen-bond donors (Lipinski definition) is 1. The summed E-state index contributed by atoms with van der Waals surface area (Å²) < 4.78 is 1.09. The van der Waals surface area contributed by atoms with Gasteiger partial charge in [0.1, 0.15) is 0 Å². The van der Waals surface area contributed by atoms with Gasteiger partial charge in [0.2, 0.25) is 0 Å². The minimum Gasteiger partial charge on any atom is -0.352 e. The summed E-state index contributed by atoms with van der Waals surface area (Å²) in [6.45, 7) is 3.53. The molecule has 1 aromatic heterocycles. The Morgan fingerprint density at radius 3 is 2.59 bits per heavy atom. The predicted molar refractivity (Wildman–Crippen MR) is 108 cm³/mol. The van der Waals surface area contributed by atoms with Crippen LogP contribution in [0.3, 0.4) is 0 Å². The van der Waals surface area contributed by atoms with Crippen LogP contribution in [0.25, 0.3) is 0 Å². The van der Waals surface area contributed by atoms with Gasteiger partial charge >= 0.3 is 0 Å². The number of aliphatic imine (C=N–C) groups is 1. The second kappa shape index (κ2) is 9.46. The van der Waals surface area contributed by atoms with Crippen LogP contribution in [0.5, 0.6) is 0 Å². The van der Waals surface area contributed by atoms with E-state index in [-0.39, 0.29) is 24.0 Å². The van der Waals surface area contributed by atoms with Crippen LogP contribution in [0.1, 0.15) is 16.3 Å². The molecular formula is C15H20BrIN4S. The average molecular weight is 495 g/mol. The highest BCUT2D eigenvalue weighted by Crippen LogP contribution is 2.11. The van der Waals surface area contributed by atoms with Gasteiger partial charge in [-0.15, -0.1) is 35.3 Å². The highest BCUT2D eigenvalue weighted by atomic mass is 127. The van der Waals surface area contributed by atoms with Crippen molar-refractivity contribution in [3.63, 3.8) is 0 Å². The van der Waals surface area contributed by atoms with E-state index in [0.717, 1.165) is 34.2 Å². The van der Waals surface area contributed by atoms with Crippen LogP contribution < -0.4 is 5.32 Å². The third-order valence-electron chi connectivity index (χ3n) is 3.00. The molecule has 0 unspecified atom stereocenters. The molecule has 7 heteroatoms. The summed E-state index contributed by atoms with van der Waals surface area (Å²) in [5.41, 5.74) is 2.30. The fraction of sp³-hybridized carbons (Fsp3) is 0.333. The molecule has 22 heavy (non-hydrogen) atoms. The molecule has 0 aliphatic rings. The van der Waals surface area contributed by atoms with Crippen molar-refractivity contribution in [2.75, 3.05) is 14.1 Å². The molecule has 2 rings (SSSR count). The van der Waals surface area contributed by atoms with Gasteiger partial charge in [0.25, 0.3) is 0 Å². The zero-order chi connectivity index (χ0) is 15.2. The topological polar surface area (TPSA) is 40.5 Å². The molecule has 120 valence electrons. The number of hydrogen-bond acceptors (Lipinski definition) is 3. The molecule has 2 aromatic rings. The molecule has 0 saturated heterocycles. The Labute approximate surface area is 161 Å². The molecule has 0 radical (unpaired) electrons. The highest BCUT2D eigenvalue weighted by molar-refractivity contribution is 14.0. The van der Waals surface area contributed by atoms with Gasteiger partial charge in [0, 0.05) is 30.5 Å². The second-order valence-corrected chi connectivity index (χ2v) is 6.72. The van der Waals surface area contributed by atoms with E-state index in [1.54, 1.807) is 18.4 Å². The summed E-state index contributed by atoms with van der Waals surface area (Å²) in [6, 6.07) is 8.27. The normalized spacial score (nSPS) is 11.0.